The maximum absolute atomic E-state index is 12.7. The lowest BCUT2D eigenvalue weighted by Gasteiger charge is -2.39. The van der Waals surface area contributed by atoms with Crippen LogP contribution in [0, 0.1) is 0 Å². The highest BCUT2D eigenvalue weighted by molar-refractivity contribution is 14.0. The molecule has 1 aromatic carbocycles. The molecule has 2 aliphatic heterocycles. The predicted molar refractivity (Wildman–Crippen MR) is 134 cm³/mol. The second kappa shape index (κ2) is 11.5. The molecule has 1 atom stereocenters. The van der Waals surface area contributed by atoms with Crippen molar-refractivity contribution in [2.24, 2.45) is 4.99 Å². The second-order valence-electron chi connectivity index (χ2n) is 8.05. The van der Waals surface area contributed by atoms with E-state index >= 15 is 0 Å². The number of halogens is 1. The number of likely N-dealkylation sites (tertiary alicyclic amines) is 1. The summed E-state index contributed by atoms with van der Waals surface area (Å²) in [6.07, 6.45) is 3.44. The van der Waals surface area contributed by atoms with Gasteiger partial charge in [-0.15, -0.1) is 24.0 Å². The highest BCUT2D eigenvalue weighted by atomic mass is 127. The van der Waals surface area contributed by atoms with Crippen molar-refractivity contribution in [3.63, 3.8) is 0 Å². The molecule has 8 nitrogen and oxygen atoms in total. The lowest BCUT2D eigenvalue weighted by Crippen LogP contribution is -2.57. The number of benzene rings is 1. The number of nitrogens with one attached hydrogen (secondary N) is 1. The molecule has 31 heavy (non-hydrogen) atoms. The summed E-state index contributed by atoms with van der Waals surface area (Å²) < 4.78 is 23.2. The Morgan fingerprint density at radius 3 is 2.13 bits per heavy atom. The lowest BCUT2D eigenvalue weighted by molar-refractivity contribution is -0.135. The highest BCUT2D eigenvalue weighted by Crippen LogP contribution is 2.14. The van der Waals surface area contributed by atoms with Crippen LogP contribution >= 0.6 is 24.0 Å². The molecule has 2 heterocycles. The van der Waals surface area contributed by atoms with Crippen LogP contribution in [0.5, 0.6) is 0 Å². The zero-order valence-corrected chi connectivity index (χ0v) is 21.7. The van der Waals surface area contributed by atoms with Crippen LogP contribution in [0.25, 0.3) is 0 Å². The Morgan fingerprint density at radius 2 is 1.61 bits per heavy atom. The molecule has 1 N–H and O–H groups in total. The number of sulfone groups is 1. The zero-order chi connectivity index (χ0) is 21.7. The molecule has 0 radical (unpaired) electrons. The number of piperazine rings is 1. The molecule has 0 saturated carbocycles. The Hall–Kier alpha value is -1.40. The smallest absolute Gasteiger partial charge is 0.239 e. The number of aliphatic imine (C=N–C) groups is 1. The minimum atomic E-state index is -3.18. The van der Waals surface area contributed by atoms with Crippen LogP contribution in [0.2, 0.25) is 0 Å². The summed E-state index contributed by atoms with van der Waals surface area (Å²) in [7, 11) is -1.42. The van der Waals surface area contributed by atoms with Crippen molar-refractivity contribution in [1.29, 1.82) is 0 Å². The third-order valence-corrected chi connectivity index (χ3v) is 7.08. The van der Waals surface area contributed by atoms with Gasteiger partial charge in [-0.2, -0.15) is 0 Å². The number of hydrogen-bond acceptors (Lipinski definition) is 5. The van der Waals surface area contributed by atoms with Crippen LogP contribution in [0.15, 0.2) is 34.2 Å². The van der Waals surface area contributed by atoms with Gasteiger partial charge >= 0.3 is 0 Å². The van der Waals surface area contributed by atoms with Crippen molar-refractivity contribution in [2.75, 3.05) is 52.6 Å². The SMILES string of the molecule is CN=C(NCc1ccc(S(C)(=O)=O)cc1)N1CCN(C(C)C(=O)N2CCCC2)CC1.I. The molecule has 1 aromatic rings. The molecule has 0 aliphatic carbocycles. The van der Waals surface area contributed by atoms with Crippen molar-refractivity contribution in [2.45, 2.75) is 37.2 Å². The van der Waals surface area contributed by atoms with Gasteiger partial charge in [0.15, 0.2) is 15.8 Å². The van der Waals surface area contributed by atoms with E-state index in [1.807, 2.05) is 24.0 Å². The third kappa shape index (κ3) is 6.79. The number of rotatable bonds is 5. The maximum Gasteiger partial charge on any atom is 0.239 e. The van der Waals surface area contributed by atoms with Crippen LogP contribution in [-0.2, 0) is 21.2 Å². The monoisotopic (exact) mass is 563 g/mol. The third-order valence-electron chi connectivity index (χ3n) is 5.95. The van der Waals surface area contributed by atoms with Gasteiger partial charge in [0.05, 0.1) is 10.9 Å². The van der Waals surface area contributed by atoms with E-state index in [1.54, 1.807) is 19.2 Å². The Kier molecular flexibility index (Phi) is 9.56. The number of amides is 1. The van der Waals surface area contributed by atoms with E-state index < -0.39 is 9.84 Å². The minimum Gasteiger partial charge on any atom is -0.352 e. The van der Waals surface area contributed by atoms with Gasteiger partial charge in [-0.05, 0) is 37.5 Å². The van der Waals surface area contributed by atoms with Crippen LogP contribution in [-0.4, -0.2) is 93.6 Å². The highest BCUT2D eigenvalue weighted by Gasteiger charge is 2.30. The van der Waals surface area contributed by atoms with Crippen molar-refractivity contribution < 1.29 is 13.2 Å². The lowest BCUT2D eigenvalue weighted by atomic mass is 10.2. The van der Waals surface area contributed by atoms with E-state index in [1.165, 1.54) is 6.26 Å². The number of guanidine groups is 1. The summed E-state index contributed by atoms with van der Waals surface area (Å²) in [6.45, 7) is 7.64. The van der Waals surface area contributed by atoms with Gasteiger partial charge in [0, 0.05) is 59.1 Å². The first-order chi connectivity index (χ1) is 14.3. The van der Waals surface area contributed by atoms with Gasteiger partial charge in [0.2, 0.25) is 5.91 Å². The van der Waals surface area contributed by atoms with Crippen LogP contribution in [0.1, 0.15) is 25.3 Å². The molecule has 0 aromatic heterocycles. The molecule has 10 heteroatoms. The van der Waals surface area contributed by atoms with Gasteiger partial charge in [0.25, 0.3) is 0 Å². The summed E-state index contributed by atoms with van der Waals surface area (Å²) in [5.41, 5.74) is 0.993. The molecule has 2 saturated heterocycles. The first-order valence-corrected chi connectivity index (χ1v) is 12.5. The molecule has 1 unspecified atom stereocenters. The number of carbonyl (C=O) groups excluding carboxylic acids is 1. The first-order valence-electron chi connectivity index (χ1n) is 10.6. The first kappa shape index (κ1) is 25.9. The molecule has 0 spiro atoms. The second-order valence-corrected chi connectivity index (χ2v) is 10.1. The standard InChI is InChI=1S/C21H33N5O3S.HI/c1-17(20(27)25-10-4-5-11-25)24-12-14-26(15-13-24)21(22-2)23-16-18-6-8-19(9-7-18)30(3,28)29;/h6-9,17H,4-5,10-16H2,1-3H3,(H,22,23);1H. The van der Waals surface area contributed by atoms with Crippen LogP contribution < -0.4 is 5.32 Å². The van der Waals surface area contributed by atoms with Gasteiger partial charge < -0.3 is 15.1 Å². The largest absolute Gasteiger partial charge is 0.352 e. The Labute approximate surface area is 203 Å². The van der Waals surface area contributed by atoms with Gasteiger partial charge in [-0.1, -0.05) is 12.1 Å². The molecule has 1 amide bonds. The van der Waals surface area contributed by atoms with E-state index in [2.05, 4.69) is 20.1 Å². The van der Waals surface area contributed by atoms with Crippen molar-refractivity contribution in [1.82, 2.24) is 20.0 Å². The van der Waals surface area contributed by atoms with Crippen molar-refractivity contribution >= 4 is 45.7 Å². The van der Waals surface area contributed by atoms with E-state index in [4.69, 9.17) is 0 Å². The summed E-state index contributed by atoms with van der Waals surface area (Å²) in [5.74, 6) is 1.07. The minimum absolute atomic E-state index is 0. The fraction of sp³-hybridized carbons (Fsp3) is 0.619. The van der Waals surface area contributed by atoms with E-state index in [0.717, 1.165) is 63.6 Å². The summed E-state index contributed by atoms with van der Waals surface area (Å²) in [6, 6.07) is 6.83. The van der Waals surface area contributed by atoms with Crippen LogP contribution in [0.4, 0.5) is 0 Å². The molecule has 2 fully saturated rings. The van der Waals surface area contributed by atoms with Gasteiger partial charge in [-0.3, -0.25) is 14.7 Å². The Balaban J connectivity index is 0.00000341. The summed E-state index contributed by atoms with van der Waals surface area (Å²) in [5, 5.41) is 3.36. The Morgan fingerprint density at radius 1 is 1.03 bits per heavy atom. The van der Waals surface area contributed by atoms with E-state index in [-0.39, 0.29) is 35.9 Å². The fourth-order valence-corrected chi connectivity index (χ4v) is 4.68. The number of carbonyl (C=O) groups is 1. The number of hydrogen-bond donors (Lipinski definition) is 1. The van der Waals surface area contributed by atoms with Crippen LogP contribution in [0.3, 0.4) is 0 Å². The van der Waals surface area contributed by atoms with Gasteiger partial charge in [0.1, 0.15) is 0 Å². The normalized spacial score (nSPS) is 19.1. The quantitative estimate of drug-likeness (QED) is 0.332. The zero-order valence-electron chi connectivity index (χ0n) is 18.6. The molecule has 2 aliphatic rings. The van der Waals surface area contributed by atoms with Gasteiger partial charge in [-0.25, -0.2) is 8.42 Å². The molecule has 0 bridgehead atoms. The average molecular weight is 564 g/mol. The molecule has 174 valence electrons. The Bertz CT molecular complexity index is 862. The van der Waals surface area contributed by atoms with Crippen molar-refractivity contribution in [3.05, 3.63) is 29.8 Å². The summed E-state index contributed by atoms with van der Waals surface area (Å²) >= 11 is 0. The molecular weight excluding hydrogens is 529 g/mol. The molecule has 3 rings (SSSR count). The average Bonchev–Trinajstić information content (AvgIpc) is 3.28. The molecular formula is C21H34IN5O3S. The predicted octanol–water partition coefficient (Wildman–Crippen LogP) is 1.41. The van der Waals surface area contributed by atoms with E-state index in [0.29, 0.717) is 11.4 Å². The maximum atomic E-state index is 12.7. The topological polar surface area (TPSA) is 85.3 Å². The summed E-state index contributed by atoms with van der Waals surface area (Å²) in [4.78, 5) is 23.8. The van der Waals surface area contributed by atoms with E-state index in [9.17, 15) is 13.2 Å². The van der Waals surface area contributed by atoms with Crippen molar-refractivity contribution in [3.8, 4) is 0 Å². The number of nitrogens with zero attached hydrogens (tertiary/aromatic N) is 4. The fourth-order valence-electron chi connectivity index (χ4n) is 4.05.